The van der Waals surface area contributed by atoms with Crippen molar-refractivity contribution in [1.82, 2.24) is 10.2 Å². The number of hydrogen-bond donors (Lipinski definition) is 1. The third-order valence-electron chi connectivity index (χ3n) is 4.09. The van der Waals surface area contributed by atoms with Crippen molar-refractivity contribution < 1.29 is 14.3 Å². The Morgan fingerprint density at radius 1 is 1.31 bits per heavy atom. The third-order valence-corrected chi connectivity index (χ3v) is 4.62. The maximum atomic E-state index is 11.8. The molecule has 26 heavy (non-hydrogen) atoms. The van der Waals surface area contributed by atoms with Crippen LogP contribution < -0.4 is 10.1 Å². The molecule has 6 nitrogen and oxygen atoms in total. The summed E-state index contributed by atoms with van der Waals surface area (Å²) in [6.45, 7) is 5.11. The Morgan fingerprint density at radius 2 is 1.96 bits per heavy atom. The Hall–Kier alpha value is -1.03. The molecule has 1 N–H and O–H groups in total. The number of rotatable bonds is 6. The molecular weight excluding hydrogens is 513 g/mol. The van der Waals surface area contributed by atoms with Gasteiger partial charge < -0.3 is 19.7 Å². The van der Waals surface area contributed by atoms with Gasteiger partial charge in [-0.2, -0.15) is 0 Å². The fourth-order valence-corrected chi connectivity index (χ4v) is 3.05. The molecular formula is C18H27BrIN3O3. The van der Waals surface area contributed by atoms with Crippen LogP contribution in [0, 0.1) is 5.92 Å². The molecule has 0 saturated carbocycles. The average molecular weight is 540 g/mol. The number of benzene rings is 1. The van der Waals surface area contributed by atoms with E-state index in [2.05, 4.69) is 31.1 Å². The number of guanidine groups is 1. The zero-order valence-corrected chi connectivity index (χ0v) is 19.2. The van der Waals surface area contributed by atoms with Crippen molar-refractivity contribution in [3.63, 3.8) is 0 Å². The molecule has 1 aliphatic heterocycles. The fourth-order valence-electron chi connectivity index (χ4n) is 2.78. The standard InChI is InChI=1S/C18H26BrN3O3.HI/c1-3-24-17(23)14-8-11-22(12-9-14)18(20-2)21-10-13-25-16-6-4-15(19)5-7-16;/h4-7,14H,3,8-13H2,1-2H3,(H,20,21);1H. The van der Waals surface area contributed by atoms with Crippen molar-refractivity contribution in [2.45, 2.75) is 19.8 Å². The maximum absolute atomic E-state index is 11.8. The lowest BCUT2D eigenvalue weighted by molar-refractivity contribution is -0.149. The van der Waals surface area contributed by atoms with E-state index >= 15 is 0 Å². The Kier molecular flexibility index (Phi) is 11.0. The van der Waals surface area contributed by atoms with Crippen LogP contribution in [0.2, 0.25) is 0 Å². The molecule has 0 aliphatic carbocycles. The quantitative estimate of drug-likeness (QED) is 0.198. The number of hydrogen-bond acceptors (Lipinski definition) is 4. The van der Waals surface area contributed by atoms with Crippen molar-refractivity contribution in [2.75, 3.05) is 39.9 Å². The number of halogens is 2. The lowest BCUT2D eigenvalue weighted by Crippen LogP contribution is -2.47. The van der Waals surface area contributed by atoms with Gasteiger partial charge in [-0.25, -0.2) is 0 Å². The van der Waals surface area contributed by atoms with E-state index in [0.29, 0.717) is 19.8 Å². The molecule has 0 spiro atoms. The second-order valence-electron chi connectivity index (χ2n) is 5.79. The second-order valence-corrected chi connectivity index (χ2v) is 6.71. The van der Waals surface area contributed by atoms with Crippen LogP contribution in [0.1, 0.15) is 19.8 Å². The first-order valence-electron chi connectivity index (χ1n) is 8.64. The summed E-state index contributed by atoms with van der Waals surface area (Å²) in [5.74, 6) is 1.62. The van der Waals surface area contributed by atoms with Crippen LogP contribution in [0.25, 0.3) is 0 Å². The van der Waals surface area contributed by atoms with Crippen LogP contribution in [0.15, 0.2) is 33.7 Å². The van der Waals surface area contributed by atoms with Gasteiger partial charge in [0, 0.05) is 24.6 Å². The number of ether oxygens (including phenoxy) is 2. The lowest BCUT2D eigenvalue weighted by Gasteiger charge is -2.33. The molecule has 2 rings (SSSR count). The van der Waals surface area contributed by atoms with Gasteiger partial charge >= 0.3 is 5.97 Å². The maximum Gasteiger partial charge on any atom is 0.309 e. The summed E-state index contributed by atoms with van der Waals surface area (Å²) >= 11 is 3.40. The molecule has 0 bridgehead atoms. The number of carbonyl (C=O) groups excluding carboxylic acids is 1. The molecule has 0 radical (unpaired) electrons. The Balaban J connectivity index is 0.00000338. The Morgan fingerprint density at radius 3 is 2.54 bits per heavy atom. The molecule has 0 amide bonds. The molecule has 0 atom stereocenters. The van der Waals surface area contributed by atoms with Crippen molar-refractivity contribution in [3.8, 4) is 5.75 Å². The highest BCUT2D eigenvalue weighted by Crippen LogP contribution is 2.19. The van der Waals surface area contributed by atoms with Crippen LogP contribution in [-0.2, 0) is 9.53 Å². The predicted octanol–water partition coefficient (Wildman–Crippen LogP) is 3.30. The van der Waals surface area contributed by atoms with Gasteiger partial charge in [-0.3, -0.25) is 9.79 Å². The third kappa shape index (κ3) is 7.30. The minimum absolute atomic E-state index is 0. The van der Waals surface area contributed by atoms with E-state index in [-0.39, 0.29) is 35.9 Å². The summed E-state index contributed by atoms with van der Waals surface area (Å²) in [6, 6.07) is 7.77. The first kappa shape index (κ1) is 23.0. The minimum Gasteiger partial charge on any atom is -0.492 e. The van der Waals surface area contributed by atoms with Gasteiger partial charge in [-0.05, 0) is 44.0 Å². The monoisotopic (exact) mass is 539 g/mol. The highest BCUT2D eigenvalue weighted by atomic mass is 127. The van der Waals surface area contributed by atoms with Crippen molar-refractivity contribution in [3.05, 3.63) is 28.7 Å². The van der Waals surface area contributed by atoms with Crippen molar-refractivity contribution in [2.24, 2.45) is 10.9 Å². The van der Waals surface area contributed by atoms with Crippen molar-refractivity contribution >= 4 is 51.8 Å². The van der Waals surface area contributed by atoms with Gasteiger partial charge in [-0.1, -0.05) is 15.9 Å². The average Bonchev–Trinajstić information content (AvgIpc) is 2.64. The van der Waals surface area contributed by atoms with E-state index in [1.807, 2.05) is 31.2 Å². The first-order valence-corrected chi connectivity index (χ1v) is 9.44. The van der Waals surface area contributed by atoms with Crippen LogP contribution in [0.5, 0.6) is 5.75 Å². The summed E-state index contributed by atoms with van der Waals surface area (Å²) in [5.41, 5.74) is 0. The minimum atomic E-state index is -0.0759. The van der Waals surface area contributed by atoms with E-state index in [1.165, 1.54) is 0 Å². The van der Waals surface area contributed by atoms with Gasteiger partial charge in [-0.15, -0.1) is 24.0 Å². The number of carbonyl (C=O) groups is 1. The van der Waals surface area contributed by atoms with Crippen LogP contribution in [-0.4, -0.2) is 56.7 Å². The zero-order chi connectivity index (χ0) is 18.1. The molecule has 1 heterocycles. The number of likely N-dealkylation sites (tertiary alicyclic amines) is 1. The number of piperidine rings is 1. The Labute approximate surface area is 180 Å². The second kappa shape index (κ2) is 12.4. The highest BCUT2D eigenvalue weighted by Gasteiger charge is 2.27. The topological polar surface area (TPSA) is 63.2 Å². The summed E-state index contributed by atoms with van der Waals surface area (Å²) in [6.07, 6.45) is 1.60. The van der Waals surface area contributed by atoms with E-state index < -0.39 is 0 Å². The molecule has 0 aromatic heterocycles. The number of nitrogens with zero attached hydrogens (tertiary/aromatic N) is 2. The molecule has 1 aromatic rings. The van der Waals surface area contributed by atoms with Gasteiger partial charge in [0.1, 0.15) is 12.4 Å². The highest BCUT2D eigenvalue weighted by molar-refractivity contribution is 14.0. The van der Waals surface area contributed by atoms with Crippen LogP contribution >= 0.6 is 39.9 Å². The number of aliphatic imine (C=N–C) groups is 1. The number of esters is 1. The summed E-state index contributed by atoms with van der Waals surface area (Å²) in [4.78, 5) is 18.3. The molecule has 1 aromatic carbocycles. The normalized spacial score (nSPS) is 15.2. The number of nitrogens with one attached hydrogen (secondary N) is 1. The van der Waals surface area contributed by atoms with Gasteiger partial charge in [0.2, 0.25) is 0 Å². The molecule has 1 aliphatic rings. The Bertz CT molecular complexity index is 576. The van der Waals surface area contributed by atoms with Gasteiger partial charge in [0.15, 0.2) is 5.96 Å². The van der Waals surface area contributed by atoms with E-state index in [4.69, 9.17) is 9.47 Å². The zero-order valence-electron chi connectivity index (χ0n) is 15.2. The summed E-state index contributed by atoms with van der Waals surface area (Å²) in [5, 5.41) is 3.32. The molecule has 1 saturated heterocycles. The fraction of sp³-hybridized carbons (Fsp3) is 0.556. The van der Waals surface area contributed by atoms with E-state index in [0.717, 1.165) is 42.1 Å². The lowest BCUT2D eigenvalue weighted by atomic mass is 9.97. The van der Waals surface area contributed by atoms with Gasteiger partial charge in [0.25, 0.3) is 0 Å². The van der Waals surface area contributed by atoms with Gasteiger partial charge in [0.05, 0.1) is 19.1 Å². The molecule has 146 valence electrons. The SMILES string of the molecule is CCOC(=O)C1CCN(C(=NC)NCCOc2ccc(Br)cc2)CC1.I. The summed E-state index contributed by atoms with van der Waals surface area (Å²) < 4.78 is 11.8. The van der Waals surface area contributed by atoms with Crippen LogP contribution in [0.3, 0.4) is 0 Å². The molecule has 1 fully saturated rings. The van der Waals surface area contributed by atoms with Crippen molar-refractivity contribution in [1.29, 1.82) is 0 Å². The predicted molar refractivity (Wildman–Crippen MR) is 117 cm³/mol. The van der Waals surface area contributed by atoms with Crippen LogP contribution in [0.4, 0.5) is 0 Å². The molecule has 0 unspecified atom stereocenters. The van der Waals surface area contributed by atoms with E-state index in [1.54, 1.807) is 7.05 Å². The molecule has 8 heteroatoms. The van der Waals surface area contributed by atoms with E-state index in [9.17, 15) is 4.79 Å². The first-order chi connectivity index (χ1) is 12.1. The smallest absolute Gasteiger partial charge is 0.309 e. The largest absolute Gasteiger partial charge is 0.492 e. The summed E-state index contributed by atoms with van der Waals surface area (Å²) in [7, 11) is 1.77.